The molecule has 1 aromatic heterocycles. The molecule has 158 valence electrons. The van der Waals surface area contributed by atoms with Crippen molar-refractivity contribution in [2.45, 2.75) is 38.8 Å². The minimum atomic E-state index is 0. The maximum absolute atomic E-state index is 5.27. The van der Waals surface area contributed by atoms with Crippen molar-refractivity contribution in [3.63, 3.8) is 0 Å². The molecule has 1 aliphatic rings. The third kappa shape index (κ3) is 7.38. The Morgan fingerprint density at radius 3 is 2.38 bits per heavy atom. The molecule has 0 bridgehead atoms. The fraction of sp³-hybridized carbons (Fsp3) is 0.455. The third-order valence-corrected chi connectivity index (χ3v) is 5.02. The van der Waals surface area contributed by atoms with Crippen molar-refractivity contribution < 1.29 is 4.74 Å². The predicted molar refractivity (Wildman–Crippen MR) is 130 cm³/mol. The molecule has 0 radical (unpaired) electrons. The molecule has 0 amide bonds. The Bertz CT molecular complexity index is 758. The van der Waals surface area contributed by atoms with Crippen molar-refractivity contribution in [2.24, 2.45) is 4.99 Å². The zero-order valence-corrected chi connectivity index (χ0v) is 19.7. The van der Waals surface area contributed by atoms with Gasteiger partial charge in [-0.2, -0.15) is 0 Å². The molecule has 1 fully saturated rings. The van der Waals surface area contributed by atoms with E-state index in [2.05, 4.69) is 43.7 Å². The Balaban J connectivity index is 0.00000300. The van der Waals surface area contributed by atoms with Crippen LogP contribution in [0.2, 0.25) is 0 Å². The van der Waals surface area contributed by atoms with Crippen molar-refractivity contribution in [3.05, 3.63) is 53.7 Å². The second-order valence-corrected chi connectivity index (χ2v) is 7.06. The Labute approximate surface area is 191 Å². The van der Waals surface area contributed by atoms with Crippen LogP contribution in [0.4, 0.5) is 5.82 Å². The van der Waals surface area contributed by atoms with Crippen molar-refractivity contribution in [1.82, 2.24) is 15.6 Å². The first-order valence-electron chi connectivity index (χ1n) is 10.1. The van der Waals surface area contributed by atoms with Gasteiger partial charge in [-0.1, -0.05) is 31.0 Å². The van der Waals surface area contributed by atoms with E-state index in [4.69, 9.17) is 4.74 Å². The molecule has 0 atom stereocenters. The van der Waals surface area contributed by atoms with Gasteiger partial charge in [0.05, 0.1) is 7.11 Å². The zero-order valence-electron chi connectivity index (χ0n) is 17.4. The van der Waals surface area contributed by atoms with Crippen LogP contribution in [0.1, 0.15) is 36.8 Å². The van der Waals surface area contributed by atoms with Crippen LogP contribution in [0.5, 0.6) is 5.75 Å². The van der Waals surface area contributed by atoms with Crippen LogP contribution in [0.3, 0.4) is 0 Å². The maximum atomic E-state index is 5.27. The smallest absolute Gasteiger partial charge is 0.191 e. The van der Waals surface area contributed by atoms with Gasteiger partial charge in [-0.25, -0.2) is 4.98 Å². The summed E-state index contributed by atoms with van der Waals surface area (Å²) in [6, 6.07) is 12.3. The molecular formula is C22H32IN5O. The lowest BCUT2D eigenvalue weighted by Gasteiger charge is -2.21. The number of anilines is 1. The number of halogens is 1. The molecule has 1 aromatic carbocycles. The van der Waals surface area contributed by atoms with Crippen molar-refractivity contribution in [2.75, 3.05) is 32.1 Å². The molecule has 7 heteroatoms. The van der Waals surface area contributed by atoms with E-state index in [9.17, 15) is 0 Å². The molecule has 1 saturated heterocycles. The average Bonchev–Trinajstić information content (AvgIpc) is 3.04. The molecule has 0 aliphatic carbocycles. The monoisotopic (exact) mass is 509 g/mol. The highest BCUT2D eigenvalue weighted by Crippen LogP contribution is 2.17. The van der Waals surface area contributed by atoms with E-state index < -0.39 is 0 Å². The van der Waals surface area contributed by atoms with E-state index in [1.165, 1.54) is 25.7 Å². The van der Waals surface area contributed by atoms with Crippen LogP contribution in [-0.4, -0.2) is 38.2 Å². The van der Waals surface area contributed by atoms with E-state index in [1.807, 2.05) is 24.4 Å². The lowest BCUT2D eigenvalue weighted by Crippen LogP contribution is -2.36. The Kier molecular flexibility index (Phi) is 10.0. The number of benzene rings is 1. The summed E-state index contributed by atoms with van der Waals surface area (Å²) in [5.74, 6) is 2.71. The molecule has 3 rings (SSSR count). The number of nitrogens with one attached hydrogen (secondary N) is 2. The summed E-state index contributed by atoms with van der Waals surface area (Å²) < 4.78 is 5.27. The standard InChI is InChI=1S/C22H31N5O.HI/c1-23-22(25-15-18-8-7-9-20(14-18)28-2)26-17-19-10-11-21(24-16-19)27-12-5-3-4-6-13-27;/h7-11,14,16H,3-6,12-13,15,17H2,1-2H3,(H2,23,25,26);1H. The summed E-state index contributed by atoms with van der Waals surface area (Å²) in [6.45, 7) is 3.60. The number of hydrogen-bond acceptors (Lipinski definition) is 4. The van der Waals surface area contributed by atoms with E-state index in [0.717, 1.165) is 41.7 Å². The molecule has 0 spiro atoms. The number of ether oxygens (including phenoxy) is 1. The lowest BCUT2D eigenvalue weighted by atomic mass is 10.2. The quantitative estimate of drug-likeness (QED) is 0.351. The van der Waals surface area contributed by atoms with Gasteiger partial charge in [0, 0.05) is 39.4 Å². The van der Waals surface area contributed by atoms with Crippen molar-refractivity contribution in [3.8, 4) is 5.75 Å². The van der Waals surface area contributed by atoms with E-state index >= 15 is 0 Å². The first kappa shape index (κ1) is 23.3. The van der Waals surface area contributed by atoms with E-state index in [0.29, 0.717) is 13.1 Å². The van der Waals surface area contributed by atoms with Gasteiger partial charge in [0.15, 0.2) is 5.96 Å². The fourth-order valence-corrected chi connectivity index (χ4v) is 3.38. The summed E-state index contributed by atoms with van der Waals surface area (Å²) in [7, 11) is 3.46. The minimum absolute atomic E-state index is 0. The number of methoxy groups -OCH3 is 1. The van der Waals surface area contributed by atoms with Gasteiger partial charge in [0.25, 0.3) is 0 Å². The zero-order chi connectivity index (χ0) is 19.6. The van der Waals surface area contributed by atoms with Crippen LogP contribution in [0.25, 0.3) is 0 Å². The van der Waals surface area contributed by atoms with E-state index in [-0.39, 0.29) is 24.0 Å². The second kappa shape index (κ2) is 12.5. The molecule has 2 N–H and O–H groups in total. The van der Waals surface area contributed by atoms with Crippen LogP contribution < -0.4 is 20.3 Å². The molecule has 2 aromatic rings. The highest BCUT2D eigenvalue weighted by Gasteiger charge is 2.10. The van der Waals surface area contributed by atoms with Gasteiger partial charge >= 0.3 is 0 Å². The number of hydrogen-bond donors (Lipinski definition) is 2. The summed E-state index contributed by atoms with van der Waals surface area (Å²) in [5, 5.41) is 6.68. The maximum Gasteiger partial charge on any atom is 0.191 e. The first-order chi connectivity index (χ1) is 13.8. The van der Waals surface area contributed by atoms with Gasteiger partial charge in [-0.15, -0.1) is 24.0 Å². The summed E-state index contributed by atoms with van der Waals surface area (Å²) in [4.78, 5) is 11.4. The topological polar surface area (TPSA) is 61.8 Å². The van der Waals surface area contributed by atoms with Crippen LogP contribution in [0.15, 0.2) is 47.6 Å². The third-order valence-electron chi connectivity index (χ3n) is 5.02. The average molecular weight is 509 g/mol. The molecule has 29 heavy (non-hydrogen) atoms. The van der Waals surface area contributed by atoms with Gasteiger partial charge in [0.2, 0.25) is 0 Å². The predicted octanol–water partition coefficient (Wildman–Crippen LogP) is 3.95. The van der Waals surface area contributed by atoms with Crippen molar-refractivity contribution in [1.29, 1.82) is 0 Å². The van der Waals surface area contributed by atoms with Gasteiger partial charge in [-0.3, -0.25) is 4.99 Å². The number of nitrogens with zero attached hydrogens (tertiary/aromatic N) is 3. The van der Waals surface area contributed by atoms with E-state index in [1.54, 1.807) is 14.2 Å². The normalized spacial score (nSPS) is 14.6. The Morgan fingerprint density at radius 1 is 1.03 bits per heavy atom. The number of aromatic nitrogens is 1. The highest BCUT2D eigenvalue weighted by atomic mass is 127. The van der Waals surface area contributed by atoms with Crippen LogP contribution in [0, 0.1) is 0 Å². The SMILES string of the molecule is CN=C(NCc1ccc(N2CCCCCC2)nc1)NCc1cccc(OC)c1.I. The van der Waals surface area contributed by atoms with Crippen LogP contribution >= 0.6 is 24.0 Å². The van der Waals surface area contributed by atoms with Gasteiger partial charge < -0.3 is 20.3 Å². The number of rotatable bonds is 6. The fourth-order valence-electron chi connectivity index (χ4n) is 3.38. The second-order valence-electron chi connectivity index (χ2n) is 7.06. The summed E-state index contributed by atoms with van der Waals surface area (Å²) in [5.41, 5.74) is 2.29. The van der Waals surface area contributed by atoms with Crippen molar-refractivity contribution >= 4 is 35.8 Å². The van der Waals surface area contributed by atoms with Gasteiger partial charge in [0.1, 0.15) is 11.6 Å². The summed E-state index contributed by atoms with van der Waals surface area (Å²) in [6.07, 6.45) is 7.16. The molecule has 6 nitrogen and oxygen atoms in total. The largest absolute Gasteiger partial charge is 0.497 e. The van der Waals surface area contributed by atoms with Crippen LogP contribution in [-0.2, 0) is 13.1 Å². The molecule has 1 aliphatic heterocycles. The Morgan fingerprint density at radius 2 is 1.76 bits per heavy atom. The van der Waals surface area contributed by atoms with Gasteiger partial charge in [-0.05, 0) is 42.2 Å². The molecular weight excluding hydrogens is 477 g/mol. The summed E-state index contributed by atoms with van der Waals surface area (Å²) >= 11 is 0. The highest BCUT2D eigenvalue weighted by molar-refractivity contribution is 14.0. The number of guanidine groups is 1. The molecule has 2 heterocycles. The minimum Gasteiger partial charge on any atom is -0.497 e. The number of aliphatic imine (C=N–C) groups is 1. The molecule has 0 saturated carbocycles. The lowest BCUT2D eigenvalue weighted by molar-refractivity contribution is 0.414. The molecule has 0 unspecified atom stereocenters. The number of pyridine rings is 1. The first-order valence-corrected chi connectivity index (χ1v) is 10.1. The Hall–Kier alpha value is -2.03.